The fraction of sp³-hybridized carbons (Fsp3) is 0.438. The fourth-order valence-corrected chi connectivity index (χ4v) is 7.26. The highest BCUT2D eigenvalue weighted by molar-refractivity contribution is 6.36. The van der Waals surface area contributed by atoms with Crippen molar-refractivity contribution in [2.45, 2.75) is 51.0 Å². The van der Waals surface area contributed by atoms with Crippen molar-refractivity contribution < 1.29 is 31.8 Å². The second-order valence-electron chi connectivity index (χ2n) is 12.2. The molecule has 254 valence electrons. The number of aryl methyl sites for hydroxylation is 1. The number of nitrogens with zero attached hydrogens (tertiary/aromatic N) is 6. The first-order chi connectivity index (χ1) is 22.9. The summed E-state index contributed by atoms with van der Waals surface area (Å²) in [6, 6.07) is 4.42. The number of halogens is 5. The number of aromatic nitrogens is 4. The summed E-state index contributed by atoms with van der Waals surface area (Å²) in [6.45, 7) is 5.60. The Morgan fingerprint density at radius 2 is 1.96 bits per heavy atom. The maximum absolute atomic E-state index is 16.9. The lowest BCUT2D eigenvalue weighted by atomic mass is 9.96. The van der Waals surface area contributed by atoms with E-state index in [9.17, 15) is 13.2 Å². The van der Waals surface area contributed by atoms with Crippen LogP contribution < -0.4 is 25.8 Å². The predicted molar refractivity (Wildman–Crippen MR) is 172 cm³/mol. The summed E-state index contributed by atoms with van der Waals surface area (Å²) in [5.74, 6) is -0.803. The fourth-order valence-electron chi connectivity index (χ4n) is 7.03. The molecule has 4 aromatic rings. The molecular weight excluding hydrogens is 656 g/mol. The number of hydrogen-bond acceptors (Lipinski definition) is 11. The van der Waals surface area contributed by atoms with Gasteiger partial charge >= 0.3 is 12.2 Å². The van der Waals surface area contributed by atoms with Gasteiger partial charge in [-0.05, 0) is 44.4 Å². The van der Waals surface area contributed by atoms with Crippen LogP contribution in [-0.4, -0.2) is 76.4 Å². The molecule has 4 N–H and O–H groups in total. The van der Waals surface area contributed by atoms with Crippen molar-refractivity contribution >= 4 is 39.8 Å². The molecule has 3 atom stereocenters. The van der Waals surface area contributed by atoms with Gasteiger partial charge in [-0.25, -0.2) is 14.4 Å². The third-order valence-corrected chi connectivity index (χ3v) is 9.74. The lowest BCUT2D eigenvalue weighted by Gasteiger charge is -2.33. The number of alkyl halides is 3. The van der Waals surface area contributed by atoms with Gasteiger partial charge in [-0.3, -0.25) is 4.90 Å². The number of pyridine rings is 2. The van der Waals surface area contributed by atoms with Crippen molar-refractivity contribution in [2.75, 3.05) is 55.9 Å². The predicted octanol–water partition coefficient (Wildman–Crippen LogP) is 5.57. The van der Waals surface area contributed by atoms with E-state index in [1.807, 2.05) is 17.9 Å². The van der Waals surface area contributed by atoms with Crippen LogP contribution >= 0.6 is 11.6 Å². The molecule has 0 aliphatic carbocycles. The topological polar surface area (TPSA) is 138 Å². The minimum atomic E-state index is -4.91. The molecule has 3 aromatic heterocycles. The molecule has 0 amide bonds. The summed E-state index contributed by atoms with van der Waals surface area (Å²) < 4.78 is 78.1. The third-order valence-electron chi connectivity index (χ3n) is 9.33. The Morgan fingerprint density at radius 3 is 2.73 bits per heavy atom. The van der Waals surface area contributed by atoms with E-state index in [1.165, 1.54) is 6.92 Å². The Bertz CT molecular complexity index is 1900. The van der Waals surface area contributed by atoms with Gasteiger partial charge in [0.25, 0.3) is 0 Å². The van der Waals surface area contributed by atoms with Gasteiger partial charge in [0.05, 0.1) is 42.1 Å². The number of morpholine rings is 1. The molecule has 0 bridgehead atoms. The van der Waals surface area contributed by atoms with Crippen molar-refractivity contribution in [2.24, 2.45) is 0 Å². The normalized spacial score (nSPS) is 20.4. The maximum atomic E-state index is 16.9. The number of rotatable bonds is 6. The first-order valence-corrected chi connectivity index (χ1v) is 15.9. The minimum absolute atomic E-state index is 0.0283. The average molecular weight is 689 g/mol. The van der Waals surface area contributed by atoms with E-state index in [4.69, 9.17) is 42.3 Å². The third kappa shape index (κ3) is 5.56. The summed E-state index contributed by atoms with van der Waals surface area (Å²) in [5, 5.41) is -0.427. The number of nitrogens with two attached hydrogens (primary N) is 2. The maximum Gasteiger partial charge on any atom is 0.417 e. The van der Waals surface area contributed by atoms with Crippen molar-refractivity contribution in [3.05, 3.63) is 51.9 Å². The highest BCUT2D eigenvalue weighted by Gasteiger charge is 2.40. The zero-order chi connectivity index (χ0) is 33.9. The molecule has 16 heteroatoms. The van der Waals surface area contributed by atoms with Crippen molar-refractivity contribution in [3.8, 4) is 23.1 Å². The standard InChI is InChI=1S/C32H33ClF4N8O3/c1-15-12-20(38)24(33)21(23(15)32(35,36)37)26-25(34)27-22-29(43-31(42-27)48-14-18-6-5-17-13-46-10-8-45(17)18)44(9-11-47-30(22)41-26)16(2)19-4-3-7-40-28(19)39/h3-4,7,12,16-18H,5-6,8-11,13-14,38H2,1-2H3,(H2,39,40)/t16-,17+,18+/m1/s1. The van der Waals surface area contributed by atoms with Crippen LogP contribution in [-0.2, 0) is 10.9 Å². The Hall–Kier alpha value is -4.21. The van der Waals surface area contributed by atoms with Crippen LogP contribution in [0, 0.1) is 12.7 Å². The highest BCUT2D eigenvalue weighted by atomic mass is 35.5. The second-order valence-corrected chi connectivity index (χ2v) is 12.6. The second kappa shape index (κ2) is 12.3. The number of fused-ring (bicyclic) bond motifs is 1. The number of ether oxygens (including phenoxy) is 3. The average Bonchev–Trinajstić information content (AvgIpc) is 3.37. The Labute approximate surface area is 278 Å². The van der Waals surface area contributed by atoms with Crippen LogP contribution in [0.1, 0.15) is 42.5 Å². The largest absolute Gasteiger partial charge is 0.475 e. The highest BCUT2D eigenvalue weighted by Crippen LogP contribution is 2.48. The van der Waals surface area contributed by atoms with Crippen LogP contribution in [0.25, 0.3) is 22.2 Å². The number of anilines is 3. The Balaban J connectivity index is 1.41. The monoisotopic (exact) mass is 688 g/mol. The molecule has 7 rings (SSSR count). The molecule has 2 fully saturated rings. The zero-order valence-corrected chi connectivity index (χ0v) is 26.9. The number of hydrogen-bond donors (Lipinski definition) is 2. The molecule has 0 spiro atoms. The smallest absolute Gasteiger partial charge is 0.417 e. The summed E-state index contributed by atoms with van der Waals surface area (Å²) in [4.78, 5) is 21.9. The molecule has 6 heterocycles. The summed E-state index contributed by atoms with van der Waals surface area (Å²) in [5.41, 5.74) is 9.59. The lowest BCUT2D eigenvalue weighted by Crippen LogP contribution is -2.46. The van der Waals surface area contributed by atoms with Gasteiger partial charge in [-0.15, -0.1) is 0 Å². The molecule has 11 nitrogen and oxygen atoms in total. The van der Waals surface area contributed by atoms with E-state index in [-0.39, 0.29) is 71.7 Å². The summed E-state index contributed by atoms with van der Waals surface area (Å²) in [7, 11) is 0. The summed E-state index contributed by atoms with van der Waals surface area (Å²) in [6.07, 6.45) is -1.52. The number of benzene rings is 1. The SMILES string of the molecule is Cc1cc(N)c(Cl)c(-c2nc3c4c(nc(OC[C@@H]5CC[C@H]6COCCN65)nc4c2F)N([C@H](C)c2cccnc2N)CCO3)c1C(F)(F)F. The van der Waals surface area contributed by atoms with Gasteiger partial charge in [-0.1, -0.05) is 17.7 Å². The van der Waals surface area contributed by atoms with Gasteiger partial charge in [0, 0.05) is 36.0 Å². The van der Waals surface area contributed by atoms with Gasteiger partial charge in [0.15, 0.2) is 5.82 Å². The molecule has 2 saturated heterocycles. The molecule has 3 aliphatic heterocycles. The molecule has 48 heavy (non-hydrogen) atoms. The molecular formula is C32H33ClF4N8O3. The zero-order valence-electron chi connectivity index (χ0n) is 26.2. The quantitative estimate of drug-likeness (QED) is 0.194. The van der Waals surface area contributed by atoms with Crippen LogP contribution in [0.5, 0.6) is 11.9 Å². The van der Waals surface area contributed by atoms with E-state index >= 15 is 4.39 Å². The first kappa shape index (κ1) is 32.3. The van der Waals surface area contributed by atoms with Crippen LogP contribution in [0.3, 0.4) is 0 Å². The van der Waals surface area contributed by atoms with Crippen molar-refractivity contribution in [3.63, 3.8) is 0 Å². The van der Waals surface area contributed by atoms with Crippen LogP contribution in [0.2, 0.25) is 5.02 Å². The van der Waals surface area contributed by atoms with Gasteiger partial charge < -0.3 is 30.6 Å². The van der Waals surface area contributed by atoms with E-state index in [0.717, 1.165) is 25.5 Å². The summed E-state index contributed by atoms with van der Waals surface area (Å²) >= 11 is 6.39. The molecule has 1 aromatic carbocycles. The van der Waals surface area contributed by atoms with E-state index in [2.05, 4.69) is 19.9 Å². The van der Waals surface area contributed by atoms with Gasteiger partial charge in [-0.2, -0.15) is 23.1 Å². The minimum Gasteiger partial charge on any atom is -0.475 e. The molecule has 3 aliphatic rings. The van der Waals surface area contributed by atoms with E-state index in [0.29, 0.717) is 24.6 Å². The first-order valence-electron chi connectivity index (χ1n) is 15.6. The molecule has 0 unspecified atom stereocenters. The molecule has 0 saturated carbocycles. The van der Waals surface area contributed by atoms with Gasteiger partial charge in [0.2, 0.25) is 5.88 Å². The van der Waals surface area contributed by atoms with Crippen LogP contribution in [0.15, 0.2) is 24.4 Å². The van der Waals surface area contributed by atoms with Crippen molar-refractivity contribution in [1.29, 1.82) is 0 Å². The lowest BCUT2D eigenvalue weighted by molar-refractivity contribution is -0.137. The Kier molecular flexibility index (Phi) is 8.32. The van der Waals surface area contributed by atoms with E-state index < -0.39 is 39.9 Å². The molecule has 0 radical (unpaired) electrons. The van der Waals surface area contributed by atoms with Gasteiger partial charge in [0.1, 0.15) is 41.4 Å². The van der Waals surface area contributed by atoms with Crippen molar-refractivity contribution in [1.82, 2.24) is 24.8 Å². The Morgan fingerprint density at radius 1 is 1.15 bits per heavy atom. The number of nitrogen functional groups attached to an aromatic ring is 2. The van der Waals surface area contributed by atoms with E-state index in [1.54, 1.807) is 12.3 Å². The van der Waals surface area contributed by atoms with Crippen LogP contribution in [0.4, 0.5) is 34.9 Å².